The van der Waals surface area contributed by atoms with Crippen molar-refractivity contribution in [1.82, 2.24) is 4.98 Å². The van der Waals surface area contributed by atoms with Gasteiger partial charge in [0.1, 0.15) is 0 Å². The number of hydrogen-bond acceptors (Lipinski definition) is 4. The van der Waals surface area contributed by atoms with Crippen LogP contribution in [0.25, 0.3) is 10.2 Å². The highest BCUT2D eigenvalue weighted by molar-refractivity contribution is 7.94. The lowest BCUT2D eigenvalue weighted by Gasteiger charge is -2.01. The van der Waals surface area contributed by atoms with E-state index in [4.69, 9.17) is 5.11 Å². The first kappa shape index (κ1) is 10.4. The molecule has 15 heavy (non-hydrogen) atoms. The summed E-state index contributed by atoms with van der Waals surface area (Å²) in [5, 5.41) is 8.50. The first-order valence-electron chi connectivity index (χ1n) is 4.12. The van der Waals surface area contributed by atoms with Gasteiger partial charge in [-0.25, -0.2) is 4.79 Å². The Bertz CT molecular complexity index is 464. The molecule has 1 atom stereocenters. The quantitative estimate of drug-likeness (QED) is 0.826. The number of carboxylic acids is 1. The maximum Gasteiger partial charge on any atom is 0.354 e. The van der Waals surface area contributed by atoms with Crippen molar-refractivity contribution >= 4 is 38.7 Å². The van der Waals surface area contributed by atoms with Crippen molar-refractivity contribution in [3.8, 4) is 0 Å². The molecule has 0 aliphatic carbocycles. The van der Waals surface area contributed by atoms with E-state index in [1.54, 1.807) is 0 Å². The highest BCUT2D eigenvalue weighted by atomic mass is 32.2. The van der Waals surface area contributed by atoms with Gasteiger partial charge in [-0.15, -0.1) is 0 Å². The number of benzene rings is 1. The van der Waals surface area contributed by atoms with E-state index in [2.05, 4.69) is 4.98 Å². The van der Waals surface area contributed by atoms with Crippen LogP contribution in [0.4, 0.5) is 0 Å². The number of thiazole rings is 1. The number of carboxylic acid groups (broad SMARTS) is 1. The zero-order valence-electron chi connectivity index (χ0n) is 7.54. The van der Waals surface area contributed by atoms with Gasteiger partial charge >= 0.3 is 10.3 Å². The zero-order valence-corrected chi connectivity index (χ0v) is 9.18. The number of nitrogens with zero attached hydrogens (tertiary/aromatic N) is 1. The third kappa shape index (κ3) is 2.28. The molecule has 0 fully saturated rings. The molecule has 0 amide bonds. The number of rotatable bonds is 3. The summed E-state index contributed by atoms with van der Waals surface area (Å²) < 4.78 is 12.8. The number of aromatic nitrogens is 1. The van der Waals surface area contributed by atoms with Gasteiger partial charge in [0.15, 0.2) is 0 Å². The zero-order chi connectivity index (χ0) is 10.8. The van der Waals surface area contributed by atoms with Crippen LogP contribution >= 0.6 is 11.3 Å². The normalized spacial score (nSPS) is 12.9. The largest absolute Gasteiger partial charge is 0.609 e. The summed E-state index contributed by atoms with van der Waals surface area (Å²) in [7, 11) is 0. The lowest BCUT2D eigenvalue weighted by molar-refractivity contribution is -0.134. The molecule has 78 valence electrons. The maximum atomic E-state index is 11.5. The van der Waals surface area contributed by atoms with E-state index in [0.717, 1.165) is 10.2 Å². The number of fused-ring (bicyclic) bond motifs is 1. The Kier molecular flexibility index (Phi) is 2.90. The van der Waals surface area contributed by atoms with Crippen molar-refractivity contribution in [2.45, 2.75) is 4.34 Å². The van der Waals surface area contributed by atoms with E-state index in [0.29, 0.717) is 4.34 Å². The van der Waals surface area contributed by atoms with Gasteiger partial charge in [0.05, 0.1) is 10.2 Å². The Morgan fingerprint density at radius 2 is 2.27 bits per heavy atom. The molecule has 6 heteroatoms. The molecule has 0 radical (unpaired) electrons. The minimum absolute atomic E-state index is 0.374. The molecule has 0 saturated carbocycles. The fourth-order valence-electron chi connectivity index (χ4n) is 1.12. The maximum absolute atomic E-state index is 11.5. The Morgan fingerprint density at radius 1 is 1.53 bits per heavy atom. The van der Waals surface area contributed by atoms with Crippen LogP contribution in [0, 0.1) is 0 Å². The summed E-state index contributed by atoms with van der Waals surface area (Å²) in [6.07, 6.45) is 0. The molecule has 4 nitrogen and oxygen atoms in total. The predicted molar refractivity (Wildman–Crippen MR) is 58.5 cm³/mol. The van der Waals surface area contributed by atoms with Crippen molar-refractivity contribution < 1.29 is 14.5 Å². The highest BCUT2D eigenvalue weighted by Gasteiger charge is 2.20. The van der Waals surface area contributed by atoms with E-state index in [-0.39, 0.29) is 5.75 Å². The smallest absolute Gasteiger partial charge is 0.354 e. The monoisotopic (exact) mass is 241 g/mol. The van der Waals surface area contributed by atoms with Gasteiger partial charge in [-0.1, -0.05) is 23.5 Å². The second-order valence-corrected chi connectivity index (χ2v) is 5.49. The predicted octanol–water partition coefficient (Wildman–Crippen LogP) is 1.49. The van der Waals surface area contributed by atoms with Gasteiger partial charge in [-0.05, 0) is 12.1 Å². The molecule has 1 aromatic carbocycles. The van der Waals surface area contributed by atoms with Crippen molar-refractivity contribution in [1.29, 1.82) is 0 Å². The molecule has 0 aliphatic rings. The topological polar surface area (TPSA) is 73.2 Å². The Hall–Kier alpha value is -1.11. The first-order chi connectivity index (χ1) is 7.16. The van der Waals surface area contributed by atoms with E-state index in [9.17, 15) is 9.35 Å². The van der Waals surface area contributed by atoms with Crippen LogP contribution in [0.5, 0.6) is 0 Å². The van der Waals surface area contributed by atoms with Crippen LogP contribution in [0.1, 0.15) is 0 Å². The third-order valence-corrected chi connectivity index (χ3v) is 4.35. The molecule has 0 bridgehead atoms. The summed E-state index contributed by atoms with van der Waals surface area (Å²) in [5.74, 6) is -1.47. The summed E-state index contributed by atoms with van der Waals surface area (Å²) >= 11 is -0.266. The second kappa shape index (κ2) is 4.18. The minimum atomic E-state index is -1.54. The van der Waals surface area contributed by atoms with E-state index in [1.165, 1.54) is 11.3 Å². The Balaban J connectivity index is 2.32. The highest BCUT2D eigenvalue weighted by Crippen LogP contribution is 2.25. The Labute approximate surface area is 92.8 Å². The summed E-state index contributed by atoms with van der Waals surface area (Å²) in [5.41, 5.74) is 0.760. The molecule has 1 N–H and O–H groups in total. The molecule has 1 unspecified atom stereocenters. The molecule has 1 aromatic heterocycles. The molecule has 0 spiro atoms. The molecular formula is C9H7NO3S2. The van der Waals surface area contributed by atoms with Crippen LogP contribution in [-0.4, -0.2) is 26.4 Å². The SMILES string of the molecule is O=C(O)C[S+]([O-])c1nc2ccccc2s1. The average Bonchev–Trinajstić information content (AvgIpc) is 2.59. The Morgan fingerprint density at radius 3 is 2.93 bits per heavy atom. The molecule has 0 saturated heterocycles. The van der Waals surface area contributed by atoms with Crippen molar-refractivity contribution in [2.75, 3.05) is 5.75 Å². The van der Waals surface area contributed by atoms with Gasteiger partial charge in [-0.2, -0.15) is 4.98 Å². The summed E-state index contributed by atoms with van der Waals surface area (Å²) in [6.45, 7) is 0. The van der Waals surface area contributed by atoms with Crippen LogP contribution in [-0.2, 0) is 16.0 Å². The fraction of sp³-hybridized carbons (Fsp3) is 0.111. The number of hydrogen-bond donors (Lipinski definition) is 1. The summed E-state index contributed by atoms with van der Waals surface area (Å²) in [4.78, 5) is 14.5. The molecule has 2 rings (SSSR count). The van der Waals surface area contributed by atoms with Crippen LogP contribution in [0.3, 0.4) is 0 Å². The lowest BCUT2D eigenvalue weighted by atomic mass is 10.3. The molecular weight excluding hydrogens is 234 g/mol. The number of carbonyl (C=O) groups is 1. The van der Waals surface area contributed by atoms with Crippen molar-refractivity contribution in [2.24, 2.45) is 0 Å². The van der Waals surface area contributed by atoms with Crippen molar-refractivity contribution in [3.63, 3.8) is 0 Å². The van der Waals surface area contributed by atoms with Gasteiger partial charge in [-0.3, -0.25) is 0 Å². The second-order valence-electron chi connectivity index (χ2n) is 2.83. The van der Waals surface area contributed by atoms with Gasteiger partial charge in [0, 0.05) is 11.2 Å². The molecule has 2 aromatic rings. The average molecular weight is 241 g/mol. The van der Waals surface area contributed by atoms with Gasteiger partial charge in [0.2, 0.25) is 5.75 Å². The van der Waals surface area contributed by atoms with E-state index < -0.39 is 17.1 Å². The minimum Gasteiger partial charge on any atom is -0.609 e. The number of para-hydroxylation sites is 1. The molecule has 1 heterocycles. The third-order valence-electron chi connectivity index (χ3n) is 1.72. The van der Waals surface area contributed by atoms with Gasteiger partial charge < -0.3 is 9.66 Å². The van der Waals surface area contributed by atoms with E-state index >= 15 is 0 Å². The molecule has 0 aliphatic heterocycles. The van der Waals surface area contributed by atoms with Crippen molar-refractivity contribution in [3.05, 3.63) is 24.3 Å². The first-order valence-corrected chi connectivity index (χ1v) is 6.26. The van der Waals surface area contributed by atoms with E-state index in [1.807, 2.05) is 24.3 Å². The number of aliphatic carboxylic acids is 1. The van der Waals surface area contributed by atoms with Crippen LogP contribution in [0.15, 0.2) is 28.6 Å². The van der Waals surface area contributed by atoms with Gasteiger partial charge in [0.25, 0.3) is 0 Å². The fourth-order valence-corrected chi connectivity index (χ4v) is 3.19. The van der Waals surface area contributed by atoms with Crippen LogP contribution < -0.4 is 0 Å². The van der Waals surface area contributed by atoms with Crippen LogP contribution in [0.2, 0.25) is 0 Å². The lowest BCUT2D eigenvalue weighted by Crippen LogP contribution is -2.14. The standard InChI is InChI=1S/C9H7NO3S2/c11-8(12)5-15(13)9-10-6-3-1-2-4-7(6)14-9/h1-4H,5H2,(H,11,12). The summed E-state index contributed by atoms with van der Waals surface area (Å²) in [6, 6.07) is 7.39.